The number of pyridine rings is 1. The van der Waals surface area contributed by atoms with E-state index in [2.05, 4.69) is 10.3 Å². The summed E-state index contributed by atoms with van der Waals surface area (Å²) in [6.45, 7) is 5.67. The van der Waals surface area contributed by atoms with Crippen LogP contribution < -0.4 is 10.9 Å². The van der Waals surface area contributed by atoms with Crippen LogP contribution in [0.15, 0.2) is 28.0 Å². The van der Waals surface area contributed by atoms with Gasteiger partial charge in [0.15, 0.2) is 0 Å². The van der Waals surface area contributed by atoms with Crippen molar-refractivity contribution in [2.75, 3.05) is 32.1 Å². The number of carbonyl (C=O) groups is 1. The summed E-state index contributed by atoms with van der Waals surface area (Å²) in [6.07, 6.45) is 4.88. The molecule has 154 valence electrons. The number of hydrogen-bond acceptors (Lipinski definition) is 7. The summed E-state index contributed by atoms with van der Waals surface area (Å²) >= 11 is 6.57. The zero-order chi connectivity index (χ0) is 21.0. The first-order valence-corrected chi connectivity index (χ1v) is 10.7. The molecule has 1 fully saturated rings. The average Bonchev–Trinajstić information content (AvgIpc) is 2.97. The van der Waals surface area contributed by atoms with Gasteiger partial charge in [-0.2, -0.15) is 0 Å². The number of ether oxygens (including phenoxy) is 1. The van der Waals surface area contributed by atoms with Crippen LogP contribution >= 0.6 is 24.0 Å². The Bertz CT molecular complexity index is 1030. The number of methoxy groups -OCH3 is 1. The highest BCUT2D eigenvalue weighted by Gasteiger charge is 2.32. The maximum Gasteiger partial charge on any atom is 0.267 e. The number of anilines is 1. The van der Waals surface area contributed by atoms with Gasteiger partial charge in [0.25, 0.3) is 11.5 Å². The van der Waals surface area contributed by atoms with Gasteiger partial charge in [-0.3, -0.25) is 18.9 Å². The predicted molar refractivity (Wildman–Crippen MR) is 121 cm³/mol. The fourth-order valence-corrected chi connectivity index (χ4v) is 4.30. The van der Waals surface area contributed by atoms with Crippen molar-refractivity contribution in [3.05, 3.63) is 44.7 Å². The normalized spacial score (nSPS) is 15.7. The van der Waals surface area contributed by atoms with Crippen LogP contribution in [0.2, 0.25) is 0 Å². The Kier molecular flexibility index (Phi) is 7.05. The fraction of sp³-hybridized carbons (Fsp3) is 0.400. The number of nitrogens with one attached hydrogen (secondary N) is 1. The highest BCUT2D eigenvalue weighted by atomic mass is 32.2. The van der Waals surface area contributed by atoms with E-state index in [1.54, 1.807) is 24.3 Å². The molecule has 0 radical (unpaired) electrons. The molecule has 3 heterocycles. The molecule has 0 bridgehead atoms. The van der Waals surface area contributed by atoms with Gasteiger partial charge in [-0.25, -0.2) is 4.98 Å². The first-order valence-electron chi connectivity index (χ1n) is 9.48. The van der Waals surface area contributed by atoms with Gasteiger partial charge in [0.1, 0.15) is 15.8 Å². The van der Waals surface area contributed by atoms with Crippen LogP contribution in [0.4, 0.5) is 5.82 Å². The van der Waals surface area contributed by atoms with E-state index in [0.717, 1.165) is 12.0 Å². The minimum Gasteiger partial charge on any atom is -0.385 e. The smallest absolute Gasteiger partial charge is 0.267 e. The lowest BCUT2D eigenvalue weighted by Gasteiger charge is -2.13. The van der Waals surface area contributed by atoms with Crippen molar-refractivity contribution in [1.29, 1.82) is 0 Å². The first kappa shape index (κ1) is 21.5. The second-order valence-corrected chi connectivity index (χ2v) is 8.35. The van der Waals surface area contributed by atoms with Crippen LogP contribution in [-0.4, -0.2) is 51.3 Å². The number of thiocarbonyl (C=S) groups is 1. The summed E-state index contributed by atoms with van der Waals surface area (Å²) in [5, 5.41) is 3.22. The highest BCUT2D eigenvalue weighted by Crippen LogP contribution is 2.33. The number of amides is 1. The fourth-order valence-electron chi connectivity index (χ4n) is 3.01. The van der Waals surface area contributed by atoms with Crippen LogP contribution in [-0.2, 0) is 9.53 Å². The van der Waals surface area contributed by atoms with Gasteiger partial charge in [-0.05, 0) is 37.5 Å². The lowest BCUT2D eigenvalue weighted by atomic mass is 10.2. The third-order valence-corrected chi connectivity index (χ3v) is 5.88. The van der Waals surface area contributed by atoms with E-state index in [9.17, 15) is 9.59 Å². The second kappa shape index (κ2) is 9.51. The Labute approximate surface area is 179 Å². The molecule has 0 unspecified atom stereocenters. The molecule has 1 N–H and O–H groups in total. The Morgan fingerprint density at radius 2 is 2.17 bits per heavy atom. The lowest BCUT2D eigenvalue weighted by molar-refractivity contribution is -0.122. The molecule has 0 spiro atoms. The maximum atomic E-state index is 13.2. The Morgan fingerprint density at radius 1 is 1.38 bits per heavy atom. The number of aromatic nitrogens is 2. The SMILES string of the molecule is CCCNc1nc2c(C)cccn2c(=O)c1/C=C1/SC(=S)N(CCCOC)C1=O. The molecular formula is C20H24N4O3S2. The molecule has 7 nitrogen and oxygen atoms in total. The van der Waals surface area contributed by atoms with Gasteiger partial charge < -0.3 is 10.1 Å². The first-order chi connectivity index (χ1) is 14.0. The standard InChI is InChI=1S/C20H24N4O3S2/c1-4-8-21-16-14(18(25)23-9-5-7-13(2)17(23)22-16)12-15-19(26)24(20(28)29-15)10-6-11-27-3/h5,7,9,12,21H,4,6,8,10-11H2,1-3H3/b15-12+. The summed E-state index contributed by atoms with van der Waals surface area (Å²) < 4.78 is 7.05. The molecule has 29 heavy (non-hydrogen) atoms. The minimum atomic E-state index is -0.220. The summed E-state index contributed by atoms with van der Waals surface area (Å²) in [5.74, 6) is 0.294. The second-order valence-electron chi connectivity index (χ2n) is 6.67. The molecule has 2 aromatic rings. The molecule has 0 aromatic carbocycles. The van der Waals surface area contributed by atoms with Gasteiger partial charge in [0, 0.05) is 33.0 Å². The molecular weight excluding hydrogens is 408 g/mol. The van der Waals surface area contributed by atoms with E-state index in [1.165, 1.54) is 16.2 Å². The molecule has 1 saturated heterocycles. The largest absolute Gasteiger partial charge is 0.385 e. The molecule has 1 aliphatic rings. The molecule has 1 aliphatic heterocycles. The van der Waals surface area contributed by atoms with Gasteiger partial charge in [0.2, 0.25) is 0 Å². The molecule has 3 rings (SSSR count). The topological polar surface area (TPSA) is 75.9 Å². The number of nitrogens with zero attached hydrogens (tertiary/aromatic N) is 3. The average molecular weight is 433 g/mol. The maximum absolute atomic E-state index is 13.2. The summed E-state index contributed by atoms with van der Waals surface area (Å²) in [4.78, 5) is 32.7. The molecule has 1 amide bonds. The predicted octanol–water partition coefficient (Wildman–Crippen LogP) is 3.06. The molecule has 0 saturated carbocycles. The number of fused-ring (bicyclic) bond motifs is 1. The van der Waals surface area contributed by atoms with Crippen molar-refractivity contribution in [2.24, 2.45) is 0 Å². The lowest BCUT2D eigenvalue weighted by Crippen LogP contribution is -2.29. The third-order valence-electron chi connectivity index (χ3n) is 4.51. The zero-order valence-electron chi connectivity index (χ0n) is 16.7. The summed E-state index contributed by atoms with van der Waals surface area (Å²) in [6, 6.07) is 3.72. The van der Waals surface area contributed by atoms with Crippen molar-refractivity contribution in [3.63, 3.8) is 0 Å². The van der Waals surface area contributed by atoms with Gasteiger partial charge in [0.05, 0.1) is 10.5 Å². The van der Waals surface area contributed by atoms with Crippen LogP contribution in [0, 0.1) is 6.92 Å². The van der Waals surface area contributed by atoms with Crippen LogP contribution in [0.5, 0.6) is 0 Å². The van der Waals surface area contributed by atoms with E-state index in [1.807, 2.05) is 26.0 Å². The van der Waals surface area contributed by atoms with Crippen molar-refractivity contribution < 1.29 is 9.53 Å². The van der Waals surface area contributed by atoms with E-state index in [-0.39, 0.29) is 11.5 Å². The molecule has 0 aliphatic carbocycles. The van der Waals surface area contributed by atoms with E-state index >= 15 is 0 Å². The monoisotopic (exact) mass is 432 g/mol. The van der Waals surface area contributed by atoms with E-state index in [4.69, 9.17) is 17.0 Å². The minimum absolute atomic E-state index is 0.189. The zero-order valence-corrected chi connectivity index (χ0v) is 18.4. The Hall–Kier alpha value is -2.23. The quantitative estimate of drug-likeness (QED) is 0.390. The molecule has 9 heteroatoms. The van der Waals surface area contributed by atoms with Crippen molar-refractivity contribution in [1.82, 2.24) is 14.3 Å². The number of hydrogen-bond donors (Lipinski definition) is 1. The van der Waals surface area contributed by atoms with E-state index < -0.39 is 0 Å². The van der Waals surface area contributed by atoms with Gasteiger partial charge in [-0.1, -0.05) is 37.0 Å². The number of thioether (sulfide) groups is 1. The number of rotatable bonds is 8. The number of aryl methyl sites for hydroxylation is 1. The highest BCUT2D eigenvalue weighted by molar-refractivity contribution is 8.26. The third kappa shape index (κ3) is 4.52. The number of carbonyl (C=O) groups excluding carboxylic acids is 1. The van der Waals surface area contributed by atoms with Gasteiger partial charge >= 0.3 is 0 Å². The van der Waals surface area contributed by atoms with E-state index in [0.29, 0.717) is 52.4 Å². The van der Waals surface area contributed by atoms with Crippen molar-refractivity contribution in [3.8, 4) is 0 Å². The molecule has 0 atom stereocenters. The van der Waals surface area contributed by atoms with Crippen molar-refractivity contribution in [2.45, 2.75) is 26.7 Å². The summed E-state index contributed by atoms with van der Waals surface area (Å²) in [5.41, 5.74) is 1.64. The van der Waals surface area contributed by atoms with Gasteiger partial charge in [-0.15, -0.1) is 0 Å². The molecule has 2 aromatic heterocycles. The Balaban J connectivity index is 2.04. The Morgan fingerprint density at radius 3 is 2.90 bits per heavy atom. The van der Waals surface area contributed by atoms with Crippen molar-refractivity contribution >= 4 is 51.7 Å². The summed E-state index contributed by atoms with van der Waals surface area (Å²) in [7, 11) is 1.62. The van der Waals surface area contributed by atoms with Crippen LogP contribution in [0.25, 0.3) is 11.7 Å². The van der Waals surface area contributed by atoms with Crippen LogP contribution in [0.1, 0.15) is 30.9 Å². The van der Waals surface area contributed by atoms with Crippen LogP contribution in [0.3, 0.4) is 0 Å².